The van der Waals surface area contributed by atoms with E-state index in [4.69, 9.17) is 0 Å². The Bertz CT molecular complexity index is 3470. The fraction of sp³-hybridized carbons (Fsp3) is 0.0877. The molecule has 62 heavy (non-hydrogen) atoms. The quantitative estimate of drug-likeness (QED) is 0.116. The molecule has 0 bridgehead atoms. The summed E-state index contributed by atoms with van der Waals surface area (Å²) in [5.74, 6) is 0. The molecule has 6 aromatic carbocycles. The Balaban J connectivity index is 0.000000127. The van der Waals surface area contributed by atoms with Crippen LogP contribution in [0.5, 0.6) is 0 Å². The molecule has 4 aliphatic heterocycles. The van der Waals surface area contributed by atoms with Crippen LogP contribution in [-0.4, -0.2) is 8.07 Å². The first-order valence-corrected chi connectivity index (χ1v) is 25.3. The molecule has 4 nitrogen and oxygen atoms in total. The summed E-state index contributed by atoms with van der Waals surface area (Å²) >= 11 is 0. The van der Waals surface area contributed by atoms with E-state index in [9.17, 15) is 0 Å². The van der Waals surface area contributed by atoms with Crippen molar-refractivity contribution < 1.29 is 18.3 Å². The second-order valence-electron chi connectivity index (χ2n) is 18.1. The molecular formula is C57H44N4Si+4. The topological polar surface area (TPSA) is 15.5 Å². The lowest BCUT2D eigenvalue weighted by Gasteiger charge is -2.20. The van der Waals surface area contributed by atoms with Crippen molar-refractivity contribution in [3.8, 4) is 45.0 Å². The second kappa shape index (κ2) is 12.6. The Morgan fingerprint density at radius 1 is 0.339 bits per heavy atom. The van der Waals surface area contributed by atoms with Gasteiger partial charge in [0.2, 0.25) is 33.8 Å². The van der Waals surface area contributed by atoms with Crippen molar-refractivity contribution in [1.82, 2.24) is 0 Å². The van der Waals surface area contributed by atoms with E-state index in [1.165, 1.54) is 94.3 Å². The molecule has 0 radical (unpaired) electrons. The third-order valence-electron chi connectivity index (χ3n) is 14.0. The summed E-state index contributed by atoms with van der Waals surface area (Å²) < 4.78 is 10.2. The van der Waals surface area contributed by atoms with Gasteiger partial charge in [0.15, 0.2) is 12.4 Å². The van der Waals surface area contributed by atoms with Gasteiger partial charge in [-0.25, -0.2) is 0 Å². The van der Waals surface area contributed by atoms with Gasteiger partial charge < -0.3 is 0 Å². The van der Waals surface area contributed by atoms with Gasteiger partial charge in [0.05, 0.1) is 30.3 Å². The van der Waals surface area contributed by atoms with Gasteiger partial charge in [-0.05, 0) is 78.9 Å². The number of aromatic nitrogens is 4. The number of para-hydroxylation sites is 2. The minimum atomic E-state index is -1.51. The van der Waals surface area contributed by atoms with Crippen LogP contribution in [-0.2, 0) is 11.3 Å². The van der Waals surface area contributed by atoms with Gasteiger partial charge in [-0.2, -0.15) is 0 Å². The Kier molecular flexibility index (Phi) is 7.20. The van der Waals surface area contributed by atoms with Gasteiger partial charge >= 0.3 is 11.3 Å². The van der Waals surface area contributed by atoms with E-state index in [1.807, 2.05) is 0 Å². The second-order valence-corrected chi connectivity index (χ2v) is 23.2. The first kappa shape index (κ1) is 35.4. The maximum atomic E-state index is 2.59. The van der Waals surface area contributed by atoms with E-state index in [1.54, 1.807) is 0 Å². The van der Waals surface area contributed by atoms with Crippen molar-refractivity contribution in [2.75, 3.05) is 0 Å². The first-order valence-electron chi connectivity index (χ1n) is 21.8. The number of fused-ring (bicyclic) bond motifs is 24. The van der Waals surface area contributed by atoms with Crippen LogP contribution in [0, 0.1) is 0 Å². The minimum Gasteiger partial charge on any atom is -0.126 e. The molecule has 0 saturated carbocycles. The maximum Gasteiger partial charge on any atom is 0.418 e. The number of hydrogen-bond acceptors (Lipinski definition) is 0. The molecule has 4 aliphatic rings. The summed E-state index contributed by atoms with van der Waals surface area (Å²) in [6.45, 7) is 7.30. The monoisotopic (exact) mass is 812 g/mol. The Morgan fingerprint density at radius 3 is 1.23 bits per heavy atom. The summed E-state index contributed by atoms with van der Waals surface area (Å²) in [6.07, 6.45) is 4.69. The molecule has 0 aliphatic carbocycles. The summed E-state index contributed by atoms with van der Waals surface area (Å²) in [5.41, 5.74) is 17.4. The lowest BCUT2D eigenvalue weighted by Crippen LogP contribution is -2.72. The van der Waals surface area contributed by atoms with Crippen LogP contribution in [0.4, 0.5) is 0 Å². The number of pyridine rings is 4. The minimum absolute atomic E-state index is 0.417. The Morgan fingerprint density at radius 2 is 0.726 bits per heavy atom. The SMILES string of the molecule is C[Si](C)(C)c1ccc2[n+](c1)C1(c3ccccc3-2)c2ccccc2-c2ccc3ccccc3[n+]21.c1ccc2c(c1)-c1cccc[n+]1C21c2ccccc2-c2ccc3ccccc3[n+]21. The van der Waals surface area contributed by atoms with Crippen LogP contribution in [0.3, 0.4) is 0 Å². The third kappa shape index (κ3) is 4.40. The van der Waals surface area contributed by atoms with E-state index in [-0.39, 0.29) is 0 Å². The number of nitrogens with zero attached hydrogens (tertiary/aromatic N) is 4. The first-order chi connectivity index (χ1) is 30.4. The van der Waals surface area contributed by atoms with E-state index in [0.29, 0.717) is 0 Å². The van der Waals surface area contributed by atoms with Crippen molar-refractivity contribution >= 4 is 35.1 Å². The third-order valence-corrected chi connectivity index (χ3v) is 16.0. The highest BCUT2D eigenvalue weighted by Crippen LogP contribution is 2.49. The molecule has 10 aromatic rings. The Hall–Kier alpha value is -7.34. The molecule has 14 rings (SSSR count). The molecular weight excluding hydrogens is 769 g/mol. The lowest BCUT2D eigenvalue weighted by molar-refractivity contribution is -0.944. The zero-order chi connectivity index (χ0) is 41.4. The predicted octanol–water partition coefficient (Wildman–Crippen LogP) is 9.89. The lowest BCUT2D eigenvalue weighted by atomic mass is 9.90. The van der Waals surface area contributed by atoms with Gasteiger partial charge in [0.1, 0.15) is 22.3 Å². The predicted molar refractivity (Wildman–Crippen MR) is 249 cm³/mol. The number of benzene rings is 6. The average Bonchev–Trinajstić information content (AvgIpc) is 4.00. The van der Waals surface area contributed by atoms with Gasteiger partial charge in [0.25, 0.3) is 0 Å². The molecule has 0 saturated heterocycles. The molecule has 0 fully saturated rings. The smallest absolute Gasteiger partial charge is 0.126 e. The van der Waals surface area contributed by atoms with Crippen LogP contribution in [0.25, 0.3) is 66.8 Å². The fourth-order valence-corrected chi connectivity index (χ4v) is 12.6. The zero-order valence-electron chi connectivity index (χ0n) is 35.0. The number of hydrogen-bond donors (Lipinski definition) is 0. The Labute approximate surface area is 362 Å². The van der Waals surface area contributed by atoms with E-state index in [0.717, 1.165) is 0 Å². The van der Waals surface area contributed by atoms with Gasteiger partial charge in [-0.1, -0.05) is 98.5 Å². The molecule has 8 heterocycles. The highest BCUT2D eigenvalue weighted by Gasteiger charge is 2.68. The van der Waals surface area contributed by atoms with Crippen molar-refractivity contribution in [3.05, 3.63) is 235 Å². The molecule has 2 unspecified atom stereocenters. The van der Waals surface area contributed by atoms with Crippen LogP contribution >= 0.6 is 0 Å². The van der Waals surface area contributed by atoms with Gasteiger partial charge in [-0.3, -0.25) is 0 Å². The number of rotatable bonds is 1. The molecule has 292 valence electrons. The summed E-state index contributed by atoms with van der Waals surface area (Å²) in [7, 11) is -1.51. The zero-order valence-corrected chi connectivity index (χ0v) is 36.0. The summed E-state index contributed by atoms with van der Waals surface area (Å²) in [5, 5.41) is 4.00. The van der Waals surface area contributed by atoms with E-state index in [2.05, 4.69) is 250 Å². The van der Waals surface area contributed by atoms with Crippen molar-refractivity contribution in [1.29, 1.82) is 0 Å². The summed E-state index contributed by atoms with van der Waals surface area (Å²) in [6, 6.07) is 73.5. The van der Waals surface area contributed by atoms with E-state index < -0.39 is 19.4 Å². The van der Waals surface area contributed by atoms with E-state index >= 15 is 0 Å². The molecule has 4 aromatic heterocycles. The maximum absolute atomic E-state index is 2.59. The molecule has 0 N–H and O–H groups in total. The molecule has 0 amide bonds. The van der Waals surface area contributed by atoms with Crippen LogP contribution in [0.15, 0.2) is 213 Å². The summed E-state index contributed by atoms with van der Waals surface area (Å²) in [4.78, 5) is 0. The fourth-order valence-electron chi connectivity index (χ4n) is 11.5. The standard InChI is InChI=1S/C30H26N2Si.C27H18N2/c1-33(2,3)22-17-19-28-23-11-5-7-13-25(23)30(31(28)20-22)26-14-8-6-12-24(26)29-18-16-21-10-4-9-15-27(21)32(29)30;1-6-14-24-19(9-1)16-17-26-21-11-3-5-13-23(21)27(29(24)26)22-12-4-2-10-20(22)25-15-7-8-18-28(25)27/h4-20H,1-3H3;1-18H/q2*+2. The normalized spacial score (nSPS) is 17.7. The molecule has 2 spiro atoms. The highest BCUT2D eigenvalue weighted by atomic mass is 28.3. The highest BCUT2D eigenvalue weighted by molar-refractivity contribution is 6.88. The van der Waals surface area contributed by atoms with Gasteiger partial charge in [-0.15, -0.1) is 18.3 Å². The molecule has 5 heteroatoms. The van der Waals surface area contributed by atoms with Crippen LogP contribution in [0.2, 0.25) is 19.6 Å². The largest absolute Gasteiger partial charge is 0.418 e. The average molecular weight is 813 g/mol. The van der Waals surface area contributed by atoms with Crippen molar-refractivity contribution in [2.45, 2.75) is 31.0 Å². The van der Waals surface area contributed by atoms with Crippen molar-refractivity contribution in [2.24, 2.45) is 0 Å². The van der Waals surface area contributed by atoms with Crippen LogP contribution in [0.1, 0.15) is 22.3 Å². The molecule has 2 atom stereocenters. The van der Waals surface area contributed by atoms with Crippen LogP contribution < -0.4 is 23.5 Å². The van der Waals surface area contributed by atoms with Crippen molar-refractivity contribution in [3.63, 3.8) is 0 Å². The van der Waals surface area contributed by atoms with Gasteiger partial charge in [0, 0.05) is 58.4 Å².